The van der Waals surface area contributed by atoms with E-state index in [-0.39, 0.29) is 0 Å². The van der Waals surface area contributed by atoms with Gasteiger partial charge in [0.15, 0.2) is 5.84 Å². The summed E-state index contributed by atoms with van der Waals surface area (Å²) in [5.41, 5.74) is 13.7. The van der Waals surface area contributed by atoms with Gasteiger partial charge in [-0.2, -0.15) is 0 Å². The third-order valence-electron chi connectivity index (χ3n) is 10.5. The average Bonchev–Trinajstić information content (AvgIpc) is 3.78. The number of fused-ring (bicyclic) bond motifs is 2. The average molecular weight is 643 g/mol. The van der Waals surface area contributed by atoms with Gasteiger partial charge in [0.1, 0.15) is 11.5 Å². The first kappa shape index (κ1) is 28.8. The highest BCUT2D eigenvalue weighted by Gasteiger charge is 2.50. The SMILES string of the molecule is c1ccc(C2=N[C@@]3(C(c4ccccc4)=N2)c2cc4ccc2CCc2ccc(cc2-c2c(-c5ccccc5)nc(-c5ccccc5)n23)CC4)cc1. The van der Waals surface area contributed by atoms with E-state index in [1.807, 2.05) is 0 Å². The van der Waals surface area contributed by atoms with Gasteiger partial charge in [0.2, 0.25) is 5.66 Å². The molecule has 0 fully saturated rings. The lowest BCUT2D eigenvalue weighted by molar-refractivity contribution is 0.522. The van der Waals surface area contributed by atoms with Crippen molar-refractivity contribution in [2.24, 2.45) is 9.98 Å². The summed E-state index contributed by atoms with van der Waals surface area (Å²) in [5, 5.41) is 0. The number of aryl methyl sites for hydroxylation is 4. The third kappa shape index (κ3) is 4.49. The van der Waals surface area contributed by atoms with E-state index >= 15 is 0 Å². The topological polar surface area (TPSA) is 42.5 Å². The maximum atomic E-state index is 5.93. The fraction of sp³-hybridized carbons (Fsp3) is 0.109. The van der Waals surface area contributed by atoms with Crippen LogP contribution in [0.5, 0.6) is 0 Å². The molecule has 10 rings (SSSR count). The van der Waals surface area contributed by atoms with Gasteiger partial charge < -0.3 is 0 Å². The highest BCUT2D eigenvalue weighted by atomic mass is 15.3. The molecule has 1 spiro atoms. The lowest BCUT2D eigenvalue weighted by Gasteiger charge is -2.35. The maximum Gasteiger partial charge on any atom is 0.209 e. The number of amidine groups is 1. The van der Waals surface area contributed by atoms with Crippen molar-refractivity contribution in [3.63, 3.8) is 0 Å². The minimum Gasteiger partial charge on any atom is -0.288 e. The predicted octanol–water partition coefficient (Wildman–Crippen LogP) is 9.73. The van der Waals surface area contributed by atoms with Crippen molar-refractivity contribution < 1.29 is 0 Å². The van der Waals surface area contributed by atoms with E-state index in [0.29, 0.717) is 0 Å². The summed E-state index contributed by atoms with van der Waals surface area (Å²) in [6.07, 6.45) is 3.70. The molecule has 4 bridgehead atoms. The summed E-state index contributed by atoms with van der Waals surface area (Å²) in [7, 11) is 0. The van der Waals surface area contributed by atoms with Crippen molar-refractivity contribution in [1.29, 1.82) is 0 Å². The molecule has 4 heterocycles. The molecule has 1 aromatic heterocycles. The number of rotatable bonds is 4. The number of nitrogens with zero attached hydrogens (tertiary/aromatic N) is 4. The van der Waals surface area contributed by atoms with Gasteiger partial charge in [-0.25, -0.2) is 15.0 Å². The van der Waals surface area contributed by atoms with Gasteiger partial charge in [0.05, 0.1) is 11.4 Å². The molecule has 0 radical (unpaired) electrons. The van der Waals surface area contributed by atoms with Crippen LogP contribution in [0.2, 0.25) is 0 Å². The van der Waals surface area contributed by atoms with Crippen LogP contribution in [0.1, 0.15) is 38.9 Å². The van der Waals surface area contributed by atoms with Crippen molar-refractivity contribution in [2.45, 2.75) is 31.3 Å². The molecule has 0 unspecified atom stereocenters. The Morgan fingerprint density at radius 2 is 1.06 bits per heavy atom. The van der Waals surface area contributed by atoms with E-state index in [4.69, 9.17) is 15.0 Å². The van der Waals surface area contributed by atoms with Gasteiger partial charge in [-0.1, -0.05) is 152 Å². The Morgan fingerprint density at radius 1 is 0.500 bits per heavy atom. The number of benzene rings is 6. The summed E-state index contributed by atoms with van der Waals surface area (Å²) < 4.78 is 2.47. The zero-order chi connectivity index (χ0) is 33.1. The second-order valence-electron chi connectivity index (χ2n) is 13.5. The Morgan fingerprint density at radius 3 is 1.74 bits per heavy atom. The van der Waals surface area contributed by atoms with Gasteiger partial charge in [-0.05, 0) is 54.0 Å². The van der Waals surface area contributed by atoms with Crippen LogP contribution in [0.15, 0.2) is 168 Å². The van der Waals surface area contributed by atoms with Crippen LogP contribution in [0.4, 0.5) is 0 Å². The van der Waals surface area contributed by atoms with E-state index in [1.165, 1.54) is 33.4 Å². The first-order chi connectivity index (χ1) is 24.8. The fourth-order valence-corrected chi connectivity index (χ4v) is 8.12. The molecular formula is C46H34N4. The Hall–Kier alpha value is -6.13. The van der Waals surface area contributed by atoms with E-state index in [0.717, 1.165) is 76.7 Å². The van der Waals surface area contributed by atoms with E-state index in [2.05, 4.69) is 162 Å². The Labute approximate surface area is 292 Å². The molecule has 1 atom stereocenters. The lowest BCUT2D eigenvalue weighted by atomic mass is 9.83. The zero-order valence-electron chi connectivity index (χ0n) is 27.6. The summed E-state index contributed by atoms with van der Waals surface area (Å²) in [6.45, 7) is 0. The van der Waals surface area contributed by atoms with E-state index in [1.54, 1.807) is 0 Å². The fourth-order valence-electron chi connectivity index (χ4n) is 8.12. The molecule has 0 saturated heterocycles. The van der Waals surface area contributed by atoms with Crippen molar-refractivity contribution in [3.8, 4) is 33.9 Å². The summed E-state index contributed by atoms with van der Waals surface area (Å²) >= 11 is 0. The van der Waals surface area contributed by atoms with Crippen LogP contribution < -0.4 is 0 Å². The van der Waals surface area contributed by atoms with Crippen molar-refractivity contribution >= 4 is 11.5 Å². The molecule has 4 heteroatoms. The van der Waals surface area contributed by atoms with Crippen LogP contribution in [0.25, 0.3) is 33.9 Å². The number of hydrogen-bond donors (Lipinski definition) is 0. The van der Waals surface area contributed by atoms with E-state index < -0.39 is 5.66 Å². The summed E-state index contributed by atoms with van der Waals surface area (Å²) in [4.78, 5) is 17.2. The molecule has 3 aliphatic heterocycles. The van der Waals surface area contributed by atoms with Gasteiger partial charge in [0.25, 0.3) is 0 Å². The van der Waals surface area contributed by atoms with Crippen LogP contribution in [0, 0.1) is 0 Å². The van der Waals surface area contributed by atoms with Crippen LogP contribution >= 0.6 is 0 Å². The largest absolute Gasteiger partial charge is 0.288 e. The molecule has 3 aliphatic rings. The molecule has 50 heavy (non-hydrogen) atoms. The maximum absolute atomic E-state index is 5.93. The smallest absolute Gasteiger partial charge is 0.209 e. The van der Waals surface area contributed by atoms with Gasteiger partial charge >= 0.3 is 0 Å². The molecule has 4 nitrogen and oxygen atoms in total. The molecule has 7 aromatic rings. The highest BCUT2D eigenvalue weighted by Crippen LogP contribution is 2.50. The molecule has 0 saturated carbocycles. The van der Waals surface area contributed by atoms with Gasteiger partial charge in [-0.3, -0.25) is 4.57 Å². The monoisotopic (exact) mass is 642 g/mol. The van der Waals surface area contributed by atoms with Crippen molar-refractivity contribution in [2.75, 3.05) is 0 Å². The Kier molecular flexibility index (Phi) is 6.63. The molecule has 0 amide bonds. The normalized spacial score (nSPS) is 17.2. The van der Waals surface area contributed by atoms with Gasteiger partial charge in [0, 0.05) is 33.4 Å². The second kappa shape index (κ2) is 11.5. The van der Waals surface area contributed by atoms with E-state index in [9.17, 15) is 0 Å². The Balaban J connectivity index is 1.46. The van der Waals surface area contributed by atoms with Crippen LogP contribution in [0.3, 0.4) is 0 Å². The number of imidazole rings is 1. The molecular weight excluding hydrogens is 609 g/mol. The predicted molar refractivity (Wildman–Crippen MR) is 203 cm³/mol. The molecule has 6 aromatic carbocycles. The lowest BCUT2D eigenvalue weighted by Crippen LogP contribution is -2.42. The second-order valence-corrected chi connectivity index (χ2v) is 13.5. The highest BCUT2D eigenvalue weighted by molar-refractivity contribution is 6.21. The first-order valence-electron chi connectivity index (χ1n) is 17.5. The summed E-state index contributed by atoms with van der Waals surface area (Å²) in [6, 6.07) is 56.6. The molecule has 238 valence electrons. The third-order valence-corrected chi connectivity index (χ3v) is 10.5. The zero-order valence-corrected chi connectivity index (χ0v) is 27.6. The first-order valence-corrected chi connectivity index (χ1v) is 17.5. The standard InChI is InChI=1S/C46H34N4/c1-5-13-35(14-6-1)41-42-39-29-31-21-22-32-24-26-34(28-27-33(39)25-23-31)40(30-32)46(50(42)45(47-41)38-19-11-4-12-20-38)43(36-15-7-2-8-16-36)48-44(49-46)37-17-9-3-10-18-37/h1-20,23-26,29-30H,21-22,27-28H2/t46-/m0/s1. The quantitative estimate of drug-likeness (QED) is 0.189. The number of aliphatic imine (C=N–C) groups is 2. The summed E-state index contributed by atoms with van der Waals surface area (Å²) in [5.74, 6) is 1.60. The molecule has 0 aliphatic carbocycles. The minimum absolute atomic E-state index is 0.726. The molecule has 0 N–H and O–H groups in total. The van der Waals surface area contributed by atoms with Crippen LogP contribution in [-0.4, -0.2) is 21.1 Å². The number of hydrogen-bond acceptors (Lipinski definition) is 3. The Bertz CT molecular complexity index is 2460. The van der Waals surface area contributed by atoms with Crippen LogP contribution in [-0.2, 0) is 31.3 Å². The van der Waals surface area contributed by atoms with Gasteiger partial charge in [-0.15, -0.1) is 0 Å². The minimum atomic E-state index is -1.06. The van der Waals surface area contributed by atoms with Crippen molar-refractivity contribution in [3.05, 3.63) is 197 Å². The van der Waals surface area contributed by atoms with Crippen molar-refractivity contribution in [1.82, 2.24) is 9.55 Å². The number of aromatic nitrogens is 2.